The minimum atomic E-state index is -0.465. The summed E-state index contributed by atoms with van der Waals surface area (Å²) in [6, 6.07) is 16.1. The summed E-state index contributed by atoms with van der Waals surface area (Å²) < 4.78 is 5.91. The van der Waals surface area contributed by atoms with E-state index in [9.17, 15) is 4.79 Å². The van der Waals surface area contributed by atoms with Crippen LogP contribution in [0.2, 0.25) is 0 Å². The molecule has 1 amide bonds. The van der Waals surface area contributed by atoms with Crippen LogP contribution in [0.25, 0.3) is 10.9 Å². The number of rotatable bonds is 5. The number of benzene rings is 2. The van der Waals surface area contributed by atoms with E-state index in [2.05, 4.69) is 41.5 Å². The number of hydrogen-bond donors (Lipinski definition) is 1. The molecular weight excluding hydrogens is 360 g/mol. The van der Waals surface area contributed by atoms with E-state index in [1.54, 1.807) is 6.20 Å². The van der Waals surface area contributed by atoms with E-state index in [-0.39, 0.29) is 12.0 Å². The number of fused-ring (bicyclic) bond motifs is 1. The first kappa shape index (κ1) is 19.4. The molecule has 4 nitrogen and oxygen atoms in total. The molecule has 1 aliphatic carbocycles. The molecular formula is C25H28N2O2. The maximum Gasteiger partial charge on any atom is 0.235 e. The van der Waals surface area contributed by atoms with Gasteiger partial charge in [0, 0.05) is 11.6 Å². The van der Waals surface area contributed by atoms with Gasteiger partial charge in [0.25, 0.3) is 0 Å². The summed E-state index contributed by atoms with van der Waals surface area (Å²) in [6.45, 7) is 6.07. The summed E-state index contributed by atoms with van der Waals surface area (Å²) in [4.78, 5) is 18.1. The molecule has 1 saturated carbocycles. The predicted octanol–water partition coefficient (Wildman–Crippen LogP) is 5.78. The minimum absolute atomic E-state index is 0.0590. The van der Waals surface area contributed by atoms with Crippen molar-refractivity contribution in [3.63, 3.8) is 0 Å². The number of nitrogens with one attached hydrogen (secondary N) is 1. The maximum absolute atomic E-state index is 13.6. The van der Waals surface area contributed by atoms with Crippen LogP contribution in [0.15, 0.2) is 54.7 Å². The Kier molecular flexibility index (Phi) is 5.27. The Labute approximate surface area is 172 Å². The Hall–Kier alpha value is -2.88. The molecule has 0 radical (unpaired) electrons. The number of pyridine rings is 1. The SMILES string of the molecule is Cc1cccc(C2(C(=O)Nc3ccc(OC(C)C)c4ncccc34)CCCC2)c1. The summed E-state index contributed by atoms with van der Waals surface area (Å²) in [6.07, 6.45) is 5.73. The molecule has 1 aromatic heterocycles. The number of amides is 1. The first-order valence-electron chi connectivity index (χ1n) is 10.4. The van der Waals surface area contributed by atoms with Gasteiger partial charge in [0.2, 0.25) is 5.91 Å². The second-order valence-electron chi connectivity index (χ2n) is 8.29. The van der Waals surface area contributed by atoms with Gasteiger partial charge in [-0.1, -0.05) is 42.7 Å². The Morgan fingerprint density at radius 1 is 1.10 bits per heavy atom. The molecule has 0 unspecified atom stereocenters. The lowest BCUT2D eigenvalue weighted by atomic mass is 9.77. The molecule has 1 N–H and O–H groups in total. The third-order valence-corrected chi connectivity index (χ3v) is 5.81. The molecule has 2 aromatic carbocycles. The lowest BCUT2D eigenvalue weighted by molar-refractivity contribution is -0.121. The first-order chi connectivity index (χ1) is 14.0. The average molecular weight is 389 g/mol. The van der Waals surface area contributed by atoms with Crippen LogP contribution in [0, 0.1) is 6.92 Å². The lowest BCUT2D eigenvalue weighted by Gasteiger charge is -2.29. The number of aryl methyl sites for hydroxylation is 1. The van der Waals surface area contributed by atoms with Crippen molar-refractivity contribution in [2.75, 3.05) is 5.32 Å². The summed E-state index contributed by atoms with van der Waals surface area (Å²) in [5.41, 5.74) is 3.40. The largest absolute Gasteiger partial charge is 0.489 e. The van der Waals surface area contributed by atoms with Gasteiger partial charge in [-0.15, -0.1) is 0 Å². The fourth-order valence-electron chi connectivity index (χ4n) is 4.41. The fourth-order valence-corrected chi connectivity index (χ4v) is 4.41. The highest BCUT2D eigenvalue weighted by atomic mass is 16.5. The van der Waals surface area contributed by atoms with Crippen LogP contribution >= 0.6 is 0 Å². The van der Waals surface area contributed by atoms with E-state index in [0.29, 0.717) is 0 Å². The van der Waals surface area contributed by atoms with Crippen LogP contribution in [0.5, 0.6) is 5.75 Å². The Balaban J connectivity index is 1.71. The summed E-state index contributed by atoms with van der Waals surface area (Å²) in [5, 5.41) is 4.13. The average Bonchev–Trinajstić information content (AvgIpc) is 3.21. The number of anilines is 1. The molecule has 29 heavy (non-hydrogen) atoms. The zero-order chi connectivity index (χ0) is 20.4. The van der Waals surface area contributed by atoms with E-state index in [4.69, 9.17) is 4.74 Å². The molecule has 1 fully saturated rings. The van der Waals surface area contributed by atoms with Gasteiger partial charge in [0.05, 0.1) is 17.2 Å². The van der Waals surface area contributed by atoms with E-state index >= 15 is 0 Å². The van der Waals surface area contributed by atoms with Crippen LogP contribution < -0.4 is 10.1 Å². The van der Waals surface area contributed by atoms with Gasteiger partial charge in [-0.2, -0.15) is 0 Å². The molecule has 0 bridgehead atoms. The Bertz CT molecular complexity index is 1040. The van der Waals surface area contributed by atoms with Gasteiger partial charge in [-0.25, -0.2) is 0 Å². The number of ether oxygens (including phenoxy) is 1. The number of nitrogens with zero attached hydrogens (tertiary/aromatic N) is 1. The van der Waals surface area contributed by atoms with Gasteiger partial charge < -0.3 is 10.1 Å². The van der Waals surface area contributed by atoms with Crippen molar-refractivity contribution in [3.8, 4) is 5.75 Å². The standard InChI is InChI=1S/C25H28N2O2/c1-17(2)29-22-12-11-21(20-10-7-15-26-23(20)22)27-24(28)25(13-4-5-14-25)19-9-6-8-18(3)16-19/h6-12,15-17H,4-5,13-14H2,1-3H3,(H,27,28). The molecule has 4 heteroatoms. The maximum atomic E-state index is 13.6. The smallest absolute Gasteiger partial charge is 0.235 e. The van der Waals surface area contributed by atoms with E-state index < -0.39 is 5.41 Å². The molecule has 1 aliphatic rings. The second-order valence-corrected chi connectivity index (χ2v) is 8.29. The molecule has 0 aliphatic heterocycles. The van der Waals surface area contributed by atoms with Crippen molar-refractivity contribution < 1.29 is 9.53 Å². The second kappa shape index (κ2) is 7.86. The molecule has 4 rings (SSSR count). The highest BCUT2D eigenvalue weighted by molar-refractivity contribution is 6.06. The van der Waals surface area contributed by atoms with E-state index in [1.807, 2.05) is 38.1 Å². The van der Waals surface area contributed by atoms with E-state index in [0.717, 1.165) is 53.6 Å². The highest BCUT2D eigenvalue weighted by Crippen LogP contribution is 2.43. The van der Waals surface area contributed by atoms with E-state index in [1.165, 1.54) is 5.56 Å². The number of hydrogen-bond acceptors (Lipinski definition) is 3. The van der Waals surface area contributed by atoms with Crippen molar-refractivity contribution >= 4 is 22.5 Å². The zero-order valence-electron chi connectivity index (χ0n) is 17.4. The Morgan fingerprint density at radius 3 is 2.62 bits per heavy atom. The molecule has 150 valence electrons. The third kappa shape index (κ3) is 3.71. The fraction of sp³-hybridized carbons (Fsp3) is 0.360. The zero-order valence-corrected chi connectivity index (χ0v) is 17.4. The minimum Gasteiger partial charge on any atom is -0.489 e. The van der Waals surface area contributed by atoms with Crippen molar-refractivity contribution in [2.45, 2.75) is 58.0 Å². The van der Waals surface area contributed by atoms with Crippen LogP contribution in [0.4, 0.5) is 5.69 Å². The van der Waals surface area contributed by atoms with Gasteiger partial charge in [0.1, 0.15) is 11.3 Å². The quantitative estimate of drug-likeness (QED) is 0.603. The third-order valence-electron chi connectivity index (χ3n) is 5.81. The van der Waals surface area contributed by atoms with Crippen LogP contribution in [0.1, 0.15) is 50.7 Å². The van der Waals surface area contributed by atoms with Crippen LogP contribution in [-0.4, -0.2) is 17.0 Å². The van der Waals surface area contributed by atoms with Crippen molar-refractivity contribution in [2.24, 2.45) is 0 Å². The topological polar surface area (TPSA) is 51.2 Å². The lowest BCUT2D eigenvalue weighted by Crippen LogP contribution is -2.38. The van der Waals surface area contributed by atoms with Crippen molar-refractivity contribution in [3.05, 3.63) is 65.9 Å². The number of carbonyl (C=O) groups excluding carboxylic acids is 1. The molecule has 3 aromatic rings. The van der Waals surface area contributed by atoms with Gasteiger partial charge in [-0.3, -0.25) is 9.78 Å². The first-order valence-corrected chi connectivity index (χ1v) is 10.4. The normalized spacial score (nSPS) is 15.6. The van der Waals surface area contributed by atoms with Gasteiger partial charge in [0.15, 0.2) is 0 Å². The molecule has 0 atom stereocenters. The number of carbonyl (C=O) groups is 1. The monoisotopic (exact) mass is 388 g/mol. The highest BCUT2D eigenvalue weighted by Gasteiger charge is 2.42. The van der Waals surface area contributed by atoms with Gasteiger partial charge >= 0.3 is 0 Å². The van der Waals surface area contributed by atoms with Crippen LogP contribution in [-0.2, 0) is 10.2 Å². The Morgan fingerprint density at radius 2 is 1.90 bits per heavy atom. The molecule has 0 saturated heterocycles. The molecule has 0 spiro atoms. The summed E-state index contributed by atoms with van der Waals surface area (Å²) in [7, 11) is 0. The van der Waals surface area contributed by atoms with Gasteiger partial charge in [-0.05, 0) is 63.4 Å². The number of aromatic nitrogens is 1. The summed E-state index contributed by atoms with van der Waals surface area (Å²) >= 11 is 0. The molecule has 1 heterocycles. The predicted molar refractivity (Wildman–Crippen MR) is 117 cm³/mol. The summed E-state index contributed by atoms with van der Waals surface area (Å²) in [5.74, 6) is 0.811. The van der Waals surface area contributed by atoms with Crippen LogP contribution in [0.3, 0.4) is 0 Å². The van der Waals surface area contributed by atoms with Crippen molar-refractivity contribution in [1.29, 1.82) is 0 Å². The van der Waals surface area contributed by atoms with Crippen molar-refractivity contribution in [1.82, 2.24) is 4.98 Å².